The lowest BCUT2D eigenvalue weighted by Crippen LogP contribution is -3.14. The molecule has 2 aromatic rings. The molecule has 1 aromatic heterocycles. The Balaban J connectivity index is 1.62. The van der Waals surface area contributed by atoms with Crippen molar-refractivity contribution in [2.75, 3.05) is 38.4 Å². The number of H-pyrrole nitrogens is 1. The zero-order valence-corrected chi connectivity index (χ0v) is 16.2. The predicted molar refractivity (Wildman–Crippen MR) is 103 cm³/mol. The molecule has 2 aliphatic rings. The molecule has 0 aliphatic carbocycles. The van der Waals surface area contributed by atoms with Crippen LogP contribution in [-0.2, 0) is 9.53 Å². The molecule has 3 N–H and O–H groups in total. The average Bonchev–Trinajstić information content (AvgIpc) is 3.24. The average molecular weight is 388 g/mol. The lowest BCUT2D eigenvalue weighted by Gasteiger charge is -2.27. The molecule has 8 heteroatoms. The number of esters is 1. The molecular weight excluding hydrogens is 362 g/mol. The Morgan fingerprint density at radius 3 is 2.86 bits per heavy atom. The minimum atomic E-state index is -0.505. The van der Waals surface area contributed by atoms with Gasteiger partial charge in [0.15, 0.2) is 18.0 Å². The van der Waals surface area contributed by atoms with Crippen LogP contribution in [0.3, 0.4) is 0 Å². The first-order valence-corrected chi connectivity index (χ1v) is 9.81. The number of nitrogens with one attached hydrogen (secondary N) is 3. The van der Waals surface area contributed by atoms with E-state index in [4.69, 9.17) is 14.2 Å². The van der Waals surface area contributed by atoms with E-state index in [9.17, 15) is 9.59 Å². The van der Waals surface area contributed by atoms with Gasteiger partial charge in [0.2, 0.25) is 6.79 Å². The molecule has 3 heterocycles. The predicted octanol–water partition coefficient (Wildman–Crippen LogP) is 1.33. The summed E-state index contributed by atoms with van der Waals surface area (Å²) in [6.07, 6.45) is 2.35. The first-order chi connectivity index (χ1) is 13.5. The van der Waals surface area contributed by atoms with Crippen molar-refractivity contribution < 1.29 is 28.7 Å². The van der Waals surface area contributed by atoms with Gasteiger partial charge >= 0.3 is 5.97 Å². The lowest BCUT2D eigenvalue weighted by atomic mass is 10.0. The van der Waals surface area contributed by atoms with Crippen molar-refractivity contribution in [3.63, 3.8) is 0 Å². The fourth-order valence-electron chi connectivity index (χ4n) is 4.04. The Labute approximate surface area is 163 Å². The number of rotatable bonds is 5. The van der Waals surface area contributed by atoms with Crippen molar-refractivity contribution in [1.82, 2.24) is 4.98 Å². The number of amides is 1. The summed E-state index contributed by atoms with van der Waals surface area (Å²) in [7, 11) is 0. The molecule has 1 amide bonds. The zero-order chi connectivity index (χ0) is 19.7. The highest BCUT2D eigenvalue weighted by molar-refractivity contribution is 6.11. The largest absolute Gasteiger partial charge is 0.461 e. The van der Waals surface area contributed by atoms with Crippen LogP contribution in [0.2, 0.25) is 0 Å². The van der Waals surface area contributed by atoms with Crippen molar-refractivity contribution in [3.8, 4) is 11.5 Å². The second-order valence-corrected chi connectivity index (χ2v) is 7.52. The van der Waals surface area contributed by atoms with E-state index >= 15 is 0 Å². The third kappa shape index (κ3) is 3.64. The van der Waals surface area contributed by atoms with Crippen molar-refractivity contribution in [2.45, 2.75) is 26.7 Å². The molecule has 0 radical (unpaired) electrons. The van der Waals surface area contributed by atoms with Crippen molar-refractivity contribution in [3.05, 3.63) is 17.8 Å². The number of fused-ring (bicyclic) bond motifs is 2. The van der Waals surface area contributed by atoms with E-state index in [0.29, 0.717) is 40.6 Å². The third-order valence-electron chi connectivity index (χ3n) is 5.31. The number of benzene rings is 1. The highest BCUT2D eigenvalue weighted by Gasteiger charge is 2.26. The van der Waals surface area contributed by atoms with Crippen molar-refractivity contribution in [1.29, 1.82) is 0 Å². The van der Waals surface area contributed by atoms with E-state index in [1.54, 1.807) is 19.1 Å². The fourth-order valence-corrected chi connectivity index (χ4v) is 4.04. The van der Waals surface area contributed by atoms with Gasteiger partial charge in [-0.05, 0) is 25.8 Å². The van der Waals surface area contributed by atoms with E-state index in [1.807, 2.05) is 0 Å². The van der Waals surface area contributed by atoms with Gasteiger partial charge in [-0.25, -0.2) is 4.79 Å². The third-order valence-corrected chi connectivity index (χ3v) is 5.31. The molecule has 2 aliphatic heterocycles. The first kappa shape index (κ1) is 18.6. The second-order valence-electron chi connectivity index (χ2n) is 7.52. The molecule has 4 rings (SSSR count). The van der Waals surface area contributed by atoms with Gasteiger partial charge in [0.25, 0.3) is 5.91 Å². The number of carbonyl (C=O) groups is 2. The van der Waals surface area contributed by atoms with Gasteiger partial charge < -0.3 is 29.4 Å². The van der Waals surface area contributed by atoms with Crippen LogP contribution < -0.4 is 19.7 Å². The maximum atomic E-state index is 12.7. The number of anilines is 1. The van der Waals surface area contributed by atoms with E-state index in [0.717, 1.165) is 19.5 Å². The molecule has 1 unspecified atom stereocenters. The summed E-state index contributed by atoms with van der Waals surface area (Å²) in [4.78, 5) is 29.5. The van der Waals surface area contributed by atoms with Gasteiger partial charge in [-0.3, -0.25) is 4.79 Å². The number of aromatic amines is 1. The van der Waals surface area contributed by atoms with E-state index in [-0.39, 0.29) is 25.0 Å². The monoisotopic (exact) mass is 388 g/mol. The first-order valence-electron chi connectivity index (χ1n) is 9.81. The molecule has 0 bridgehead atoms. The van der Waals surface area contributed by atoms with Gasteiger partial charge in [-0.1, -0.05) is 6.92 Å². The highest BCUT2D eigenvalue weighted by Crippen LogP contribution is 2.39. The Morgan fingerprint density at radius 1 is 1.32 bits per heavy atom. The number of carbonyl (C=O) groups excluding carboxylic acids is 2. The summed E-state index contributed by atoms with van der Waals surface area (Å²) in [6, 6.07) is 3.55. The summed E-state index contributed by atoms with van der Waals surface area (Å²) in [5.41, 5.74) is 1.35. The van der Waals surface area contributed by atoms with E-state index < -0.39 is 5.97 Å². The van der Waals surface area contributed by atoms with Crippen LogP contribution in [0.4, 0.5) is 5.69 Å². The molecule has 0 saturated carbocycles. The summed E-state index contributed by atoms with van der Waals surface area (Å²) in [6.45, 7) is 6.74. The Bertz CT molecular complexity index is 907. The normalized spacial score (nSPS) is 20.9. The zero-order valence-electron chi connectivity index (χ0n) is 16.2. The second kappa shape index (κ2) is 7.71. The molecule has 150 valence electrons. The number of likely N-dealkylation sites (tertiary alicyclic amines) is 1. The topological polar surface area (TPSA) is 94.1 Å². The number of aromatic nitrogens is 1. The van der Waals surface area contributed by atoms with Gasteiger partial charge in [0.05, 0.1) is 30.9 Å². The molecule has 8 nitrogen and oxygen atoms in total. The van der Waals surface area contributed by atoms with Crippen LogP contribution in [0.5, 0.6) is 11.5 Å². The maximum absolute atomic E-state index is 12.7. The summed E-state index contributed by atoms with van der Waals surface area (Å²) in [5, 5.41) is 3.63. The fraction of sp³-hybridized carbons (Fsp3) is 0.500. The van der Waals surface area contributed by atoms with Crippen LogP contribution in [-0.4, -0.2) is 49.9 Å². The maximum Gasteiger partial charge on any atom is 0.356 e. The minimum Gasteiger partial charge on any atom is -0.461 e. The smallest absolute Gasteiger partial charge is 0.356 e. The highest BCUT2D eigenvalue weighted by atomic mass is 16.7. The minimum absolute atomic E-state index is 0.117. The molecule has 2 atom stereocenters. The van der Waals surface area contributed by atoms with Gasteiger partial charge in [-0.15, -0.1) is 0 Å². The number of piperidine rings is 1. The van der Waals surface area contributed by atoms with Crippen LogP contribution >= 0.6 is 0 Å². The van der Waals surface area contributed by atoms with Crippen LogP contribution in [0.1, 0.15) is 37.2 Å². The molecule has 1 aromatic carbocycles. The van der Waals surface area contributed by atoms with Crippen LogP contribution in [0.15, 0.2) is 12.1 Å². The number of hydrogen-bond donors (Lipinski definition) is 3. The molecular formula is C20H26N3O5+. The Kier molecular flexibility index (Phi) is 5.13. The number of ether oxygens (including phenoxy) is 3. The Morgan fingerprint density at radius 2 is 2.11 bits per heavy atom. The molecule has 0 spiro atoms. The molecule has 28 heavy (non-hydrogen) atoms. The standard InChI is InChI=1S/C20H25N3O5/c1-3-26-20(25)19-18(22-17(24)10-23-6-4-5-12(2)9-23)13-7-15-16(28-11-27-15)8-14(13)21-19/h7-8,12,21H,3-6,9-11H2,1-2H3,(H,22,24)/p+1/t12-/m0/s1. The van der Waals surface area contributed by atoms with Crippen LogP contribution in [0, 0.1) is 5.92 Å². The van der Waals surface area contributed by atoms with Crippen molar-refractivity contribution >= 4 is 28.5 Å². The number of quaternary nitrogens is 1. The van der Waals surface area contributed by atoms with Crippen LogP contribution in [0.25, 0.3) is 10.9 Å². The summed E-state index contributed by atoms with van der Waals surface area (Å²) < 4.78 is 16.0. The van der Waals surface area contributed by atoms with Gasteiger partial charge in [0, 0.05) is 17.4 Å². The van der Waals surface area contributed by atoms with Crippen molar-refractivity contribution in [2.24, 2.45) is 5.92 Å². The Hall–Kier alpha value is -2.74. The van der Waals surface area contributed by atoms with E-state index in [2.05, 4.69) is 17.2 Å². The molecule has 1 saturated heterocycles. The summed E-state index contributed by atoms with van der Waals surface area (Å²) in [5.74, 6) is 1.20. The summed E-state index contributed by atoms with van der Waals surface area (Å²) >= 11 is 0. The van der Waals surface area contributed by atoms with Gasteiger partial charge in [-0.2, -0.15) is 0 Å². The van der Waals surface area contributed by atoms with Gasteiger partial charge in [0.1, 0.15) is 5.69 Å². The SMILES string of the molecule is CCOC(=O)c1[nH]c2cc3c(cc2c1NC(=O)C[NH+]1CCC[C@H](C)C1)OCO3. The van der Waals surface area contributed by atoms with E-state index in [1.165, 1.54) is 11.3 Å². The molecule has 1 fully saturated rings. The number of hydrogen-bond acceptors (Lipinski definition) is 5. The lowest BCUT2D eigenvalue weighted by molar-refractivity contribution is -0.900. The quantitative estimate of drug-likeness (QED) is 0.672.